The Balaban J connectivity index is 2.31. The topological polar surface area (TPSA) is 78.9 Å². The van der Waals surface area contributed by atoms with Crippen LogP contribution >= 0.6 is 0 Å². The number of carbonyl (C=O) groups is 2. The molecule has 0 aliphatic carbocycles. The van der Waals surface area contributed by atoms with Crippen LogP contribution in [0.4, 0.5) is 0 Å². The van der Waals surface area contributed by atoms with Crippen LogP contribution in [0.5, 0.6) is 0 Å². The molecule has 162 valence electrons. The Bertz CT molecular complexity index is 803. The fraction of sp³-hybridized carbons (Fsp3) is 0.417. The summed E-state index contributed by atoms with van der Waals surface area (Å²) in [5.41, 5.74) is 4.84. The molecule has 6 heteroatoms. The summed E-state index contributed by atoms with van der Waals surface area (Å²) >= 11 is 0. The summed E-state index contributed by atoms with van der Waals surface area (Å²) in [4.78, 5) is 24.7. The highest BCUT2D eigenvalue weighted by Gasteiger charge is 2.33. The number of hydrogen-bond donors (Lipinski definition) is 2. The van der Waals surface area contributed by atoms with Gasteiger partial charge in [0.2, 0.25) is 0 Å². The zero-order valence-corrected chi connectivity index (χ0v) is 18.2. The number of carboxylic acids is 1. The van der Waals surface area contributed by atoms with Crippen LogP contribution in [0.2, 0.25) is 0 Å². The number of hydrazine groups is 1. The van der Waals surface area contributed by atoms with E-state index in [1.807, 2.05) is 81.4 Å². The molecule has 0 radical (unpaired) electrons. The Kier molecular flexibility index (Phi) is 8.57. The van der Waals surface area contributed by atoms with E-state index in [9.17, 15) is 14.7 Å². The lowest BCUT2D eigenvalue weighted by Crippen LogP contribution is -2.58. The maximum absolute atomic E-state index is 12.7. The first kappa shape index (κ1) is 23.6. The van der Waals surface area contributed by atoms with Gasteiger partial charge < -0.3 is 9.84 Å². The number of esters is 1. The normalized spacial score (nSPS) is 13.6. The van der Waals surface area contributed by atoms with E-state index in [0.29, 0.717) is 19.4 Å². The Labute approximate surface area is 178 Å². The lowest BCUT2D eigenvalue weighted by molar-refractivity contribution is -0.152. The number of carbonyl (C=O) groups excluding carboxylic acids is 1. The third-order valence-corrected chi connectivity index (χ3v) is 4.67. The number of nitrogens with zero attached hydrogens (tertiary/aromatic N) is 1. The maximum atomic E-state index is 12.7. The van der Waals surface area contributed by atoms with Gasteiger partial charge in [0.25, 0.3) is 0 Å². The minimum atomic E-state index is -0.971. The Morgan fingerprint density at radius 3 is 1.90 bits per heavy atom. The van der Waals surface area contributed by atoms with Gasteiger partial charge in [0.1, 0.15) is 12.1 Å². The summed E-state index contributed by atoms with van der Waals surface area (Å²) in [5, 5.41) is 11.6. The third kappa shape index (κ3) is 7.61. The number of rotatable bonds is 10. The first-order chi connectivity index (χ1) is 14.2. The molecule has 2 aromatic carbocycles. The summed E-state index contributed by atoms with van der Waals surface area (Å²) in [6.45, 7) is 6.61. The highest BCUT2D eigenvalue weighted by atomic mass is 16.5. The van der Waals surface area contributed by atoms with E-state index >= 15 is 0 Å². The second kappa shape index (κ2) is 10.9. The highest BCUT2D eigenvalue weighted by molar-refractivity contribution is 5.76. The minimum absolute atomic E-state index is 0.175. The van der Waals surface area contributed by atoms with Crippen molar-refractivity contribution in [2.75, 3.05) is 13.7 Å². The van der Waals surface area contributed by atoms with Crippen molar-refractivity contribution >= 4 is 11.9 Å². The van der Waals surface area contributed by atoms with Crippen LogP contribution in [0.25, 0.3) is 0 Å². The van der Waals surface area contributed by atoms with Gasteiger partial charge in [0.05, 0.1) is 7.11 Å². The third-order valence-electron chi connectivity index (χ3n) is 4.67. The lowest BCUT2D eigenvalue weighted by atomic mass is 9.95. The first-order valence-corrected chi connectivity index (χ1v) is 10.1. The predicted octanol–water partition coefficient (Wildman–Crippen LogP) is 3.32. The number of methoxy groups -OCH3 is 1. The van der Waals surface area contributed by atoms with E-state index in [1.165, 1.54) is 7.11 Å². The molecule has 6 nitrogen and oxygen atoms in total. The Morgan fingerprint density at radius 1 is 0.967 bits per heavy atom. The quantitative estimate of drug-likeness (QED) is 0.460. The van der Waals surface area contributed by atoms with E-state index in [1.54, 1.807) is 5.01 Å². The van der Waals surface area contributed by atoms with Gasteiger partial charge in [0.15, 0.2) is 0 Å². The summed E-state index contributed by atoms with van der Waals surface area (Å²) < 4.78 is 5.07. The molecule has 2 aromatic rings. The fourth-order valence-corrected chi connectivity index (χ4v) is 3.29. The van der Waals surface area contributed by atoms with Crippen LogP contribution in [0.15, 0.2) is 60.7 Å². The molecule has 0 heterocycles. The van der Waals surface area contributed by atoms with Crippen molar-refractivity contribution in [1.29, 1.82) is 0 Å². The zero-order valence-electron chi connectivity index (χ0n) is 18.2. The van der Waals surface area contributed by atoms with Crippen molar-refractivity contribution in [2.45, 2.75) is 45.7 Å². The van der Waals surface area contributed by atoms with Gasteiger partial charge in [-0.3, -0.25) is 9.59 Å². The molecule has 0 aliphatic rings. The van der Waals surface area contributed by atoms with Gasteiger partial charge in [-0.25, -0.2) is 10.4 Å². The number of benzene rings is 2. The molecule has 0 saturated heterocycles. The number of carboxylic acid groups (broad SMARTS) is 1. The number of hydrogen-bond acceptors (Lipinski definition) is 5. The molecule has 0 bridgehead atoms. The molecular formula is C24H32N2O4. The standard InChI is InChI=1S/C24H32N2O4/c1-24(2,3)17-26(21(23(29)30-4)16-19-13-9-6-10-14-19)25-20(22(27)28)15-18-11-7-5-8-12-18/h5-14,20-21,25H,15-17H2,1-4H3,(H,27,28)/t20-,21-/m0/s1. The summed E-state index contributed by atoms with van der Waals surface area (Å²) in [6.07, 6.45) is 0.713. The van der Waals surface area contributed by atoms with Crippen molar-refractivity contribution < 1.29 is 19.4 Å². The first-order valence-electron chi connectivity index (χ1n) is 10.1. The van der Waals surface area contributed by atoms with Crippen molar-refractivity contribution in [2.24, 2.45) is 5.41 Å². The van der Waals surface area contributed by atoms with Crippen molar-refractivity contribution in [3.8, 4) is 0 Å². The molecule has 0 unspecified atom stereocenters. The van der Waals surface area contributed by atoms with E-state index < -0.39 is 24.0 Å². The van der Waals surface area contributed by atoms with E-state index in [4.69, 9.17) is 4.74 Å². The van der Waals surface area contributed by atoms with Crippen molar-refractivity contribution in [1.82, 2.24) is 10.4 Å². The molecule has 2 N–H and O–H groups in total. The molecule has 0 aliphatic heterocycles. The van der Waals surface area contributed by atoms with Crippen LogP contribution in [0.1, 0.15) is 31.9 Å². The molecular weight excluding hydrogens is 380 g/mol. The van der Waals surface area contributed by atoms with Gasteiger partial charge in [-0.2, -0.15) is 0 Å². The van der Waals surface area contributed by atoms with Gasteiger partial charge >= 0.3 is 11.9 Å². The van der Waals surface area contributed by atoms with E-state index in [2.05, 4.69) is 5.43 Å². The average molecular weight is 413 g/mol. The van der Waals surface area contributed by atoms with E-state index in [-0.39, 0.29) is 5.41 Å². The van der Waals surface area contributed by atoms with Crippen molar-refractivity contribution in [3.63, 3.8) is 0 Å². The minimum Gasteiger partial charge on any atom is -0.480 e. The predicted molar refractivity (Wildman–Crippen MR) is 117 cm³/mol. The second-order valence-electron chi connectivity index (χ2n) is 8.63. The summed E-state index contributed by atoms with van der Waals surface area (Å²) in [5.74, 6) is -1.37. The number of aliphatic carboxylic acids is 1. The van der Waals surface area contributed by atoms with Crippen LogP contribution < -0.4 is 5.43 Å². The molecule has 2 rings (SSSR count). The van der Waals surface area contributed by atoms with Crippen LogP contribution in [-0.4, -0.2) is 47.8 Å². The largest absolute Gasteiger partial charge is 0.480 e. The second-order valence-corrected chi connectivity index (χ2v) is 8.63. The van der Waals surface area contributed by atoms with Crippen LogP contribution in [-0.2, 0) is 27.2 Å². The molecule has 30 heavy (non-hydrogen) atoms. The van der Waals surface area contributed by atoms with Crippen LogP contribution in [0, 0.1) is 5.41 Å². The molecule has 0 spiro atoms. The lowest BCUT2D eigenvalue weighted by Gasteiger charge is -2.37. The smallest absolute Gasteiger partial charge is 0.324 e. The highest BCUT2D eigenvalue weighted by Crippen LogP contribution is 2.19. The summed E-state index contributed by atoms with van der Waals surface area (Å²) in [7, 11) is 1.36. The number of nitrogens with one attached hydrogen (secondary N) is 1. The molecule has 0 amide bonds. The van der Waals surface area contributed by atoms with Crippen molar-refractivity contribution in [3.05, 3.63) is 71.8 Å². The SMILES string of the molecule is COC(=O)[C@H](Cc1ccccc1)N(CC(C)(C)C)N[C@@H](Cc1ccccc1)C(=O)O. The average Bonchev–Trinajstić information content (AvgIpc) is 2.71. The Hall–Kier alpha value is -2.70. The van der Waals surface area contributed by atoms with E-state index in [0.717, 1.165) is 11.1 Å². The monoisotopic (exact) mass is 412 g/mol. The van der Waals surface area contributed by atoms with Gasteiger partial charge in [-0.1, -0.05) is 81.4 Å². The van der Waals surface area contributed by atoms with Gasteiger partial charge in [-0.05, 0) is 23.0 Å². The maximum Gasteiger partial charge on any atom is 0.324 e. The molecule has 2 atom stereocenters. The summed E-state index contributed by atoms with van der Waals surface area (Å²) in [6, 6.07) is 17.6. The number of ether oxygens (including phenoxy) is 1. The van der Waals surface area contributed by atoms with Crippen LogP contribution in [0.3, 0.4) is 0 Å². The fourth-order valence-electron chi connectivity index (χ4n) is 3.29. The molecule has 0 saturated carbocycles. The van der Waals surface area contributed by atoms with Gasteiger partial charge in [-0.15, -0.1) is 0 Å². The Morgan fingerprint density at radius 2 is 1.47 bits per heavy atom. The van der Waals surface area contributed by atoms with Gasteiger partial charge in [0, 0.05) is 13.0 Å². The molecule has 0 aromatic heterocycles. The molecule has 0 fully saturated rings. The zero-order chi connectivity index (χ0) is 22.1.